The Balaban J connectivity index is 1.63. The Labute approximate surface area is 166 Å². The predicted octanol–water partition coefficient (Wildman–Crippen LogP) is 3.07. The van der Waals surface area contributed by atoms with Gasteiger partial charge in [0, 0.05) is 5.56 Å². The van der Waals surface area contributed by atoms with Gasteiger partial charge in [0.05, 0.1) is 25.3 Å². The van der Waals surface area contributed by atoms with Crippen molar-refractivity contribution in [3.8, 4) is 0 Å². The van der Waals surface area contributed by atoms with Crippen LogP contribution in [0.5, 0.6) is 0 Å². The number of thioether (sulfide) groups is 1. The molecule has 1 saturated heterocycles. The lowest BCUT2D eigenvalue weighted by Crippen LogP contribution is -2.26. The van der Waals surface area contributed by atoms with Gasteiger partial charge in [-0.05, 0) is 30.5 Å². The van der Waals surface area contributed by atoms with Gasteiger partial charge < -0.3 is 15.2 Å². The van der Waals surface area contributed by atoms with E-state index in [0.717, 1.165) is 37.4 Å². The average molecular weight is 407 g/mol. The lowest BCUT2D eigenvalue weighted by Gasteiger charge is -2.22. The van der Waals surface area contributed by atoms with Crippen molar-refractivity contribution in [1.82, 2.24) is 5.32 Å². The Bertz CT molecular complexity index is 793. The van der Waals surface area contributed by atoms with Crippen molar-refractivity contribution < 1.29 is 23.8 Å². The van der Waals surface area contributed by atoms with Crippen molar-refractivity contribution >= 4 is 35.0 Å². The number of rotatable bonds is 7. The standard InChI is InChI=1S/C19H22FN3O4S/c20-14-7-6-12(13(8-14)11-27-15-4-2-1-3-5-15)10-21-23-19-22-18(26)16(28-19)9-17(24)25/h6-8,10,15-16H,1-5,9,11H2,(H,24,25)(H,22,23,26). The summed E-state index contributed by atoms with van der Waals surface area (Å²) in [4.78, 5) is 22.4. The summed E-state index contributed by atoms with van der Waals surface area (Å²) < 4.78 is 19.6. The zero-order valence-electron chi connectivity index (χ0n) is 15.3. The molecule has 1 saturated carbocycles. The normalized spacial score (nSPS) is 22.1. The molecule has 1 aliphatic heterocycles. The Kier molecular flexibility index (Phi) is 7.16. The van der Waals surface area contributed by atoms with Crippen molar-refractivity contribution in [2.24, 2.45) is 10.2 Å². The number of benzene rings is 1. The summed E-state index contributed by atoms with van der Waals surface area (Å²) >= 11 is 1.03. The van der Waals surface area contributed by atoms with Crippen molar-refractivity contribution in [2.75, 3.05) is 0 Å². The Morgan fingerprint density at radius 1 is 1.36 bits per heavy atom. The molecule has 2 aliphatic rings. The SMILES string of the molecule is O=C(O)CC1SC(=NN=Cc2ccc(F)cc2COC2CCCCC2)NC1=O. The molecule has 1 heterocycles. The number of carboxylic acid groups (broad SMARTS) is 1. The van der Waals surface area contributed by atoms with E-state index >= 15 is 0 Å². The van der Waals surface area contributed by atoms with E-state index in [2.05, 4.69) is 15.5 Å². The van der Waals surface area contributed by atoms with E-state index in [9.17, 15) is 14.0 Å². The maximum Gasteiger partial charge on any atom is 0.305 e. The second kappa shape index (κ2) is 9.79. The van der Waals surface area contributed by atoms with Crippen molar-refractivity contribution in [3.05, 3.63) is 35.1 Å². The lowest BCUT2D eigenvalue weighted by atomic mass is 9.98. The fourth-order valence-electron chi connectivity index (χ4n) is 3.15. The average Bonchev–Trinajstić information content (AvgIpc) is 3.01. The number of aliphatic carboxylic acids is 1. The van der Waals surface area contributed by atoms with Gasteiger partial charge in [-0.25, -0.2) is 4.39 Å². The third-order valence-electron chi connectivity index (χ3n) is 4.61. The molecule has 0 spiro atoms. The van der Waals surface area contributed by atoms with E-state index in [-0.39, 0.29) is 23.5 Å². The number of amidine groups is 1. The quantitative estimate of drug-likeness (QED) is 0.534. The number of carbonyl (C=O) groups is 2. The first-order chi connectivity index (χ1) is 13.5. The fourth-order valence-corrected chi connectivity index (χ4v) is 4.07. The molecule has 28 heavy (non-hydrogen) atoms. The molecule has 1 atom stereocenters. The summed E-state index contributed by atoms with van der Waals surface area (Å²) in [5.41, 5.74) is 1.36. The van der Waals surface area contributed by atoms with Gasteiger partial charge in [-0.3, -0.25) is 9.59 Å². The smallest absolute Gasteiger partial charge is 0.305 e. The number of hydrogen-bond acceptors (Lipinski definition) is 6. The van der Waals surface area contributed by atoms with Crippen molar-refractivity contribution in [2.45, 2.75) is 56.5 Å². The Hall–Kier alpha value is -2.26. The Morgan fingerprint density at radius 3 is 2.89 bits per heavy atom. The molecule has 3 rings (SSSR count). The topological polar surface area (TPSA) is 100 Å². The fraction of sp³-hybridized carbons (Fsp3) is 0.474. The van der Waals surface area contributed by atoms with Crippen molar-refractivity contribution in [1.29, 1.82) is 0 Å². The number of carboxylic acids is 1. The molecule has 150 valence electrons. The van der Waals surface area contributed by atoms with E-state index in [1.54, 1.807) is 6.07 Å². The highest BCUT2D eigenvalue weighted by molar-refractivity contribution is 8.15. The van der Waals surface area contributed by atoms with Crippen LogP contribution in [0.2, 0.25) is 0 Å². The van der Waals surface area contributed by atoms with Gasteiger partial charge >= 0.3 is 5.97 Å². The summed E-state index contributed by atoms with van der Waals surface area (Å²) in [6, 6.07) is 4.37. The molecule has 7 nitrogen and oxygen atoms in total. The maximum atomic E-state index is 13.6. The van der Waals surface area contributed by atoms with Crippen LogP contribution in [0.15, 0.2) is 28.4 Å². The second-order valence-electron chi connectivity index (χ2n) is 6.76. The minimum Gasteiger partial charge on any atom is -0.481 e. The minimum absolute atomic E-state index is 0.207. The molecule has 1 unspecified atom stereocenters. The van der Waals surface area contributed by atoms with E-state index in [1.165, 1.54) is 24.8 Å². The molecule has 1 amide bonds. The Morgan fingerprint density at radius 2 is 2.14 bits per heavy atom. The van der Waals surface area contributed by atoms with Crippen LogP contribution in [0, 0.1) is 5.82 Å². The molecule has 1 aliphatic carbocycles. The zero-order chi connectivity index (χ0) is 19.9. The monoisotopic (exact) mass is 407 g/mol. The highest BCUT2D eigenvalue weighted by atomic mass is 32.2. The highest BCUT2D eigenvalue weighted by Gasteiger charge is 2.32. The number of carbonyl (C=O) groups excluding carboxylic acids is 1. The first kappa shape index (κ1) is 20.5. The number of nitrogens with zero attached hydrogens (tertiary/aromatic N) is 2. The van der Waals surface area contributed by atoms with Crippen LogP contribution >= 0.6 is 11.8 Å². The summed E-state index contributed by atoms with van der Waals surface area (Å²) in [5.74, 6) is -1.79. The maximum absolute atomic E-state index is 13.6. The van der Waals surface area contributed by atoms with Gasteiger partial charge in [-0.2, -0.15) is 5.10 Å². The minimum atomic E-state index is -1.05. The highest BCUT2D eigenvalue weighted by Crippen LogP contribution is 2.23. The summed E-state index contributed by atoms with van der Waals surface area (Å²) in [6.45, 7) is 0.298. The van der Waals surface area contributed by atoms with E-state index < -0.39 is 17.1 Å². The predicted molar refractivity (Wildman–Crippen MR) is 105 cm³/mol. The largest absolute Gasteiger partial charge is 0.481 e. The van der Waals surface area contributed by atoms with Gasteiger partial charge in [0.2, 0.25) is 5.91 Å². The van der Waals surface area contributed by atoms with Crippen LogP contribution in [0.25, 0.3) is 0 Å². The van der Waals surface area contributed by atoms with Gasteiger partial charge in [0.25, 0.3) is 0 Å². The number of ether oxygens (including phenoxy) is 1. The molecule has 2 fully saturated rings. The van der Waals surface area contributed by atoms with Crippen LogP contribution < -0.4 is 5.32 Å². The van der Waals surface area contributed by atoms with Gasteiger partial charge in [-0.15, -0.1) is 5.10 Å². The molecule has 0 radical (unpaired) electrons. The summed E-state index contributed by atoms with van der Waals surface area (Å²) in [5, 5.41) is 18.7. The zero-order valence-corrected chi connectivity index (χ0v) is 16.1. The summed E-state index contributed by atoms with van der Waals surface area (Å²) in [6.07, 6.45) is 7.01. The van der Waals surface area contributed by atoms with Crippen LogP contribution in [-0.2, 0) is 20.9 Å². The van der Waals surface area contributed by atoms with Gasteiger partial charge in [0.1, 0.15) is 11.1 Å². The number of hydrogen-bond donors (Lipinski definition) is 2. The number of amides is 1. The molecule has 9 heteroatoms. The van der Waals surface area contributed by atoms with E-state index in [0.29, 0.717) is 17.7 Å². The molecule has 1 aromatic carbocycles. The molecule has 0 bridgehead atoms. The molecule has 1 aromatic rings. The van der Waals surface area contributed by atoms with E-state index in [4.69, 9.17) is 9.84 Å². The van der Waals surface area contributed by atoms with Crippen LogP contribution in [0.3, 0.4) is 0 Å². The van der Waals surface area contributed by atoms with Crippen molar-refractivity contribution in [3.63, 3.8) is 0 Å². The summed E-state index contributed by atoms with van der Waals surface area (Å²) in [7, 11) is 0. The third-order valence-corrected chi connectivity index (χ3v) is 5.69. The molecular weight excluding hydrogens is 385 g/mol. The molecule has 2 N–H and O–H groups in total. The third kappa shape index (κ3) is 5.87. The van der Waals surface area contributed by atoms with Crippen LogP contribution in [-0.4, -0.2) is 39.7 Å². The molecule has 0 aromatic heterocycles. The van der Waals surface area contributed by atoms with E-state index in [1.807, 2.05) is 0 Å². The first-order valence-corrected chi connectivity index (χ1v) is 10.1. The molecular formula is C19H22FN3O4S. The number of halogens is 1. The lowest BCUT2D eigenvalue weighted by molar-refractivity contribution is -0.138. The van der Waals surface area contributed by atoms with Gasteiger partial charge in [0.15, 0.2) is 5.17 Å². The number of nitrogens with one attached hydrogen (secondary N) is 1. The van der Waals surface area contributed by atoms with Crippen LogP contribution in [0.4, 0.5) is 4.39 Å². The van der Waals surface area contributed by atoms with Gasteiger partial charge in [-0.1, -0.05) is 37.1 Å². The van der Waals surface area contributed by atoms with Crippen LogP contribution in [0.1, 0.15) is 49.7 Å². The second-order valence-corrected chi connectivity index (χ2v) is 7.95. The first-order valence-electron chi connectivity index (χ1n) is 9.21.